The van der Waals surface area contributed by atoms with Crippen molar-refractivity contribution in [3.05, 3.63) is 22.7 Å². The Kier molecular flexibility index (Phi) is 7.16. The lowest BCUT2D eigenvalue weighted by Crippen LogP contribution is -2.10. The molecule has 1 aromatic rings. The number of carbonyl (C=O) groups is 1. The van der Waals surface area contributed by atoms with Crippen LogP contribution in [0.25, 0.3) is 0 Å². The molecule has 7 nitrogen and oxygen atoms in total. The molecule has 0 fully saturated rings. The maximum atomic E-state index is 12.1. The highest BCUT2D eigenvalue weighted by atomic mass is 35.5. The van der Waals surface area contributed by atoms with Crippen molar-refractivity contribution in [3.8, 4) is 11.5 Å². The summed E-state index contributed by atoms with van der Waals surface area (Å²) in [4.78, 5) is 20.5. The van der Waals surface area contributed by atoms with Gasteiger partial charge in [-0.25, -0.2) is 4.79 Å². The highest BCUT2D eigenvalue weighted by Crippen LogP contribution is 2.47. The molecule has 4 N–H and O–H groups in total. The Balaban J connectivity index is 2.97. The number of rotatable bonds is 9. The van der Waals surface area contributed by atoms with Crippen molar-refractivity contribution in [3.63, 3.8) is 0 Å². The lowest BCUT2D eigenvalue weighted by molar-refractivity contribution is -0.139. The number of nitrogens with two attached hydrogens (primary N) is 1. The van der Waals surface area contributed by atoms with Crippen LogP contribution in [0.5, 0.6) is 11.5 Å². The van der Waals surface area contributed by atoms with Gasteiger partial charge in [0, 0.05) is 12.3 Å². The zero-order chi connectivity index (χ0) is 16.8. The van der Waals surface area contributed by atoms with E-state index in [0.29, 0.717) is 18.5 Å². The second-order valence-corrected chi connectivity index (χ2v) is 7.52. The van der Waals surface area contributed by atoms with Crippen molar-refractivity contribution in [2.24, 2.45) is 5.73 Å². The van der Waals surface area contributed by atoms with Crippen LogP contribution >= 0.6 is 19.0 Å². The number of hydrogen-bond donors (Lipinski definition) is 3. The van der Waals surface area contributed by atoms with Crippen LogP contribution in [0.1, 0.15) is 12.0 Å². The normalized spacial score (nSPS) is 13.5. The average Bonchev–Trinajstić information content (AvgIpc) is 2.42. The summed E-state index contributed by atoms with van der Waals surface area (Å²) in [6.07, 6.45) is 0.515. The zero-order valence-corrected chi connectivity index (χ0v) is 13.8. The zero-order valence-electron chi connectivity index (χ0n) is 12.1. The smallest absolute Gasteiger partial charge is 0.341 e. The van der Waals surface area contributed by atoms with E-state index in [0.717, 1.165) is 0 Å². The third kappa shape index (κ3) is 5.85. The predicted molar refractivity (Wildman–Crippen MR) is 83.2 cm³/mol. The number of halogens is 1. The number of methoxy groups -OCH3 is 1. The van der Waals surface area contributed by atoms with Gasteiger partial charge in [0.15, 0.2) is 18.1 Å². The molecular weight excluding hydrogens is 333 g/mol. The monoisotopic (exact) mass is 351 g/mol. The molecule has 0 amide bonds. The Morgan fingerprint density at radius 3 is 2.68 bits per heavy atom. The molecule has 0 radical (unpaired) electrons. The first-order valence-corrected chi connectivity index (χ1v) is 8.91. The molecule has 0 aliphatic rings. The van der Waals surface area contributed by atoms with Gasteiger partial charge in [0.25, 0.3) is 0 Å². The van der Waals surface area contributed by atoms with E-state index in [1.54, 1.807) is 0 Å². The van der Waals surface area contributed by atoms with E-state index in [4.69, 9.17) is 31.9 Å². The summed E-state index contributed by atoms with van der Waals surface area (Å²) >= 11 is 6.04. The van der Waals surface area contributed by atoms with Gasteiger partial charge in [-0.3, -0.25) is 4.57 Å². The minimum atomic E-state index is -3.36. The Labute approximate surface area is 133 Å². The molecule has 124 valence electrons. The third-order valence-corrected chi connectivity index (χ3v) is 4.93. The SMILES string of the molecule is COc1cc(CP(=O)(O)CCCN)cc(Cl)c1OCC(=O)O. The molecule has 0 bridgehead atoms. The van der Waals surface area contributed by atoms with Gasteiger partial charge < -0.3 is 25.2 Å². The molecule has 0 aromatic heterocycles. The molecular formula is C13H19ClNO6P. The van der Waals surface area contributed by atoms with Crippen LogP contribution in [0.3, 0.4) is 0 Å². The molecule has 1 rings (SSSR count). The minimum Gasteiger partial charge on any atom is -0.493 e. The van der Waals surface area contributed by atoms with Crippen LogP contribution in [0.15, 0.2) is 12.1 Å². The highest BCUT2D eigenvalue weighted by Gasteiger charge is 2.21. The number of hydrogen-bond acceptors (Lipinski definition) is 5. The van der Waals surface area contributed by atoms with Crippen LogP contribution in [0, 0.1) is 0 Å². The molecule has 0 aliphatic heterocycles. The van der Waals surface area contributed by atoms with Crippen molar-refractivity contribution >= 4 is 24.9 Å². The van der Waals surface area contributed by atoms with Gasteiger partial charge in [-0.2, -0.15) is 0 Å². The molecule has 1 unspecified atom stereocenters. The van der Waals surface area contributed by atoms with Gasteiger partial charge in [0.1, 0.15) is 0 Å². The summed E-state index contributed by atoms with van der Waals surface area (Å²) in [5.74, 6) is -0.850. The van der Waals surface area contributed by atoms with Gasteiger partial charge in [-0.15, -0.1) is 0 Å². The van der Waals surface area contributed by atoms with Crippen molar-refractivity contribution in [1.82, 2.24) is 0 Å². The molecule has 0 saturated carbocycles. The van der Waals surface area contributed by atoms with Crippen molar-refractivity contribution in [2.75, 3.05) is 26.4 Å². The fourth-order valence-electron chi connectivity index (χ4n) is 1.84. The lowest BCUT2D eigenvalue weighted by Gasteiger charge is -2.15. The second-order valence-electron chi connectivity index (χ2n) is 4.66. The quantitative estimate of drug-likeness (QED) is 0.581. The van der Waals surface area contributed by atoms with Crippen molar-refractivity contribution < 1.29 is 28.8 Å². The summed E-state index contributed by atoms with van der Waals surface area (Å²) in [6, 6.07) is 2.97. The van der Waals surface area contributed by atoms with Gasteiger partial charge in [0.05, 0.1) is 12.1 Å². The van der Waals surface area contributed by atoms with E-state index in [1.807, 2.05) is 0 Å². The Bertz CT molecular complexity index is 580. The molecule has 22 heavy (non-hydrogen) atoms. The maximum Gasteiger partial charge on any atom is 0.341 e. The van der Waals surface area contributed by atoms with Crippen LogP contribution in [0.2, 0.25) is 5.02 Å². The molecule has 1 aromatic carbocycles. The summed E-state index contributed by atoms with van der Waals surface area (Å²) in [6.45, 7) is -0.221. The van der Waals surface area contributed by atoms with E-state index in [2.05, 4.69) is 0 Å². The van der Waals surface area contributed by atoms with Gasteiger partial charge >= 0.3 is 5.97 Å². The minimum absolute atomic E-state index is 0.0672. The largest absolute Gasteiger partial charge is 0.493 e. The standard InChI is InChI=1S/C13H19ClNO6P/c1-20-11-6-9(8-22(18,19)4-2-3-15)5-10(14)13(11)21-7-12(16)17/h5-6H,2-4,7-8,15H2,1H3,(H,16,17)(H,18,19). The number of carboxylic acids is 1. The van der Waals surface area contributed by atoms with Crippen LogP contribution in [-0.4, -0.2) is 42.4 Å². The fourth-order valence-corrected chi connectivity index (χ4v) is 3.72. The lowest BCUT2D eigenvalue weighted by atomic mass is 10.2. The van der Waals surface area contributed by atoms with Gasteiger partial charge in [0.2, 0.25) is 7.37 Å². The van der Waals surface area contributed by atoms with E-state index in [1.165, 1.54) is 19.2 Å². The Hall–Kier alpha value is -1.27. The molecule has 9 heteroatoms. The first-order valence-electron chi connectivity index (χ1n) is 6.51. The number of aliphatic carboxylic acids is 1. The van der Waals surface area contributed by atoms with Crippen LogP contribution in [-0.2, 0) is 15.5 Å². The van der Waals surface area contributed by atoms with E-state index < -0.39 is 19.9 Å². The number of carboxylic acid groups (broad SMARTS) is 1. The molecule has 0 heterocycles. The Morgan fingerprint density at radius 1 is 1.45 bits per heavy atom. The van der Waals surface area contributed by atoms with E-state index in [9.17, 15) is 14.3 Å². The molecule has 1 atom stereocenters. The summed E-state index contributed by atoms with van der Waals surface area (Å²) < 4.78 is 22.2. The predicted octanol–water partition coefficient (Wildman–Crippen LogP) is 1.93. The summed E-state index contributed by atoms with van der Waals surface area (Å²) in [5, 5.41) is 8.75. The van der Waals surface area contributed by atoms with E-state index >= 15 is 0 Å². The average molecular weight is 352 g/mol. The molecule has 0 saturated heterocycles. The number of benzene rings is 1. The van der Waals surface area contributed by atoms with Gasteiger partial charge in [-0.05, 0) is 30.7 Å². The first-order chi connectivity index (χ1) is 10.3. The maximum absolute atomic E-state index is 12.1. The second kappa shape index (κ2) is 8.39. The third-order valence-electron chi connectivity index (χ3n) is 2.77. The molecule has 0 spiro atoms. The highest BCUT2D eigenvalue weighted by molar-refractivity contribution is 7.57. The topological polar surface area (TPSA) is 119 Å². The summed E-state index contributed by atoms with van der Waals surface area (Å²) in [7, 11) is -1.99. The van der Waals surface area contributed by atoms with E-state index in [-0.39, 0.29) is 28.8 Å². The first kappa shape index (κ1) is 18.8. The van der Waals surface area contributed by atoms with Crippen LogP contribution < -0.4 is 15.2 Å². The van der Waals surface area contributed by atoms with Crippen molar-refractivity contribution in [1.29, 1.82) is 0 Å². The van der Waals surface area contributed by atoms with Crippen molar-refractivity contribution in [2.45, 2.75) is 12.6 Å². The van der Waals surface area contributed by atoms with Gasteiger partial charge in [-0.1, -0.05) is 11.6 Å². The molecule has 0 aliphatic carbocycles. The number of ether oxygens (including phenoxy) is 2. The van der Waals surface area contributed by atoms with Crippen LogP contribution in [0.4, 0.5) is 0 Å². The Morgan fingerprint density at radius 2 is 2.14 bits per heavy atom. The summed E-state index contributed by atoms with van der Waals surface area (Å²) in [5.41, 5.74) is 5.85. The fraction of sp³-hybridized carbons (Fsp3) is 0.462.